The second kappa shape index (κ2) is 6.04. The molecule has 2 aliphatic heterocycles. The van der Waals surface area contributed by atoms with Crippen LogP contribution in [-0.4, -0.2) is 32.3 Å². The van der Waals surface area contributed by atoms with E-state index in [0.717, 1.165) is 51.2 Å². The molecule has 2 aliphatic rings. The number of nitrogens with one attached hydrogen (secondary N) is 1. The summed E-state index contributed by atoms with van der Waals surface area (Å²) in [6.07, 6.45) is 4.87. The zero-order chi connectivity index (χ0) is 13.9. The Bertz CT molecular complexity index is 472. The van der Waals surface area contributed by atoms with Gasteiger partial charge in [-0.05, 0) is 62.0 Å². The van der Waals surface area contributed by atoms with Crippen LogP contribution >= 0.6 is 0 Å². The molecule has 0 saturated heterocycles. The average Bonchev–Trinajstić information content (AvgIpc) is 2.70. The molecule has 1 N–H and O–H groups in total. The fraction of sp³-hybridized carbons (Fsp3) is 0.647. The first-order valence-corrected chi connectivity index (χ1v) is 8.10. The molecule has 3 heteroatoms. The third-order valence-corrected chi connectivity index (χ3v) is 4.43. The van der Waals surface area contributed by atoms with E-state index in [2.05, 4.69) is 36.2 Å². The molecule has 0 fully saturated rings. The SMILES string of the molecule is CCCN1CC(CC)Oc2cc3c(cc21)CCNCC3. The molecule has 3 rings (SSSR count). The first-order chi connectivity index (χ1) is 9.81. The van der Waals surface area contributed by atoms with E-state index < -0.39 is 0 Å². The largest absolute Gasteiger partial charge is 0.486 e. The molecular weight excluding hydrogens is 248 g/mol. The molecule has 0 spiro atoms. The lowest BCUT2D eigenvalue weighted by Gasteiger charge is -2.36. The summed E-state index contributed by atoms with van der Waals surface area (Å²) < 4.78 is 6.20. The zero-order valence-electron chi connectivity index (χ0n) is 12.7. The number of hydrogen-bond donors (Lipinski definition) is 1. The first-order valence-electron chi connectivity index (χ1n) is 8.10. The van der Waals surface area contributed by atoms with E-state index in [1.807, 2.05) is 0 Å². The minimum Gasteiger partial charge on any atom is -0.486 e. The van der Waals surface area contributed by atoms with Gasteiger partial charge in [-0.1, -0.05) is 13.8 Å². The molecule has 1 aromatic carbocycles. The summed E-state index contributed by atoms with van der Waals surface area (Å²) in [7, 11) is 0. The Morgan fingerprint density at radius 2 is 1.95 bits per heavy atom. The predicted molar refractivity (Wildman–Crippen MR) is 83.9 cm³/mol. The fourth-order valence-corrected chi connectivity index (χ4v) is 3.29. The molecule has 0 radical (unpaired) electrons. The van der Waals surface area contributed by atoms with E-state index >= 15 is 0 Å². The van der Waals surface area contributed by atoms with Gasteiger partial charge in [0.15, 0.2) is 0 Å². The third kappa shape index (κ3) is 2.64. The van der Waals surface area contributed by atoms with Crippen molar-refractivity contribution >= 4 is 5.69 Å². The molecule has 0 saturated carbocycles. The molecule has 0 bridgehead atoms. The maximum Gasteiger partial charge on any atom is 0.143 e. The van der Waals surface area contributed by atoms with Crippen LogP contribution in [-0.2, 0) is 12.8 Å². The fourth-order valence-electron chi connectivity index (χ4n) is 3.29. The van der Waals surface area contributed by atoms with Crippen molar-refractivity contribution in [3.05, 3.63) is 23.3 Å². The highest BCUT2D eigenvalue weighted by molar-refractivity contribution is 5.64. The quantitative estimate of drug-likeness (QED) is 0.917. The summed E-state index contributed by atoms with van der Waals surface area (Å²) >= 11 is 0. The molecule has 20 heavy (non-hydrogen) atoms. The Morgan fingerprint density at radius 3 is 2.65 bits per heavy atom. The Labute approximate surface area is 122 Å². The Balaban J connectivity index is 1.97. The van der Waals surface area contributed by atoms with Crippen LogP contribution in [0.2, 0.25) is 0 Å². The molecule has 0 amide bonds. The smallest absolute Gasteiger partial charge is 0.143 e. The minimum atomic E-state index is 0.344. The van der Waals surface area contributed by atoms with Crippen LogP contribution in [0, 0.1) is 0 Å². The van der Waals surface area contributed by atoms with Gasteiger partial charge in [0, 0.05) is 6.54 Å². The van der Waals surface area contributed by atoms with Gasteiger partial charge >= 0.3 is 0 Å². The van der Waals surface area contributed by atoms with Gasteiger partial charge in [-0.3, -0.25) is 0 Å². The number of benzene rings is 1. The molecule has 0 aliphatic carbocycles. The lowest BCUT2D eigenvalue weighted by atomic mass is 9.99. The minimum absolute atomic E-state index is 0.344. The molecule has 0 aromatic heterocycles. The normalized spacial score (nSPS) is 21.7. The van der Waals surface area contributed by atoms with Crippen LogP contribution in [0.1, 0.15) is 37.8 Å². The van der Waals surface area contributed by atoms with E-state index in [1.54, 1.807) is 0 Å². The maximum atomic E-state index is 6.20. The van der Waals surface area contributed by atoms with Crippen molar-refractivity contribution in [1.29, 1.82) is 0 Å². The molecule has 1 atom stereocenters. The summed E-state index contributed by atoms with van der Waals surface area (Å²) in [5.74, 6) is 1.11. The highest BCUT2D eigenvalue weighted by Crippen LogP contribution is 2.37. The molecular formula is C17H26N2O. The lowest BCUT2D eigenvalue weighted by Crippen LogP contribution is -2.40. The number of nitrogens with zero attached hydrogens (tertiary/aromatic N) is 1. The Hall–Kier alpha value is -1.22. The molecule has 2 heterocycles. The van der Waals surface area contributed by atoms with Crippen molar-refractivity contribution in [3.63, 3.8) is 0 Å². The standard InChI is InChI=1S/C17H26N2O/c1-3-9-19-12-15(4-2)20-17-11-14-6-8-18-7-5-13(14)10-16(17)19/h10-11,15,18H,3-9,12H2,1-2H3. The van der Waals surface area contributed by atoms with Gasteiger partial charge in [0.25, 0.3) is 0 Å². The van der Waals surface area contributed by atoms with E-state index in [1.165, 1.54) is 23.2 Å². The van der Waals surface area contributed by atoms with Crippen LogP contribution in [0.25, 0.3) is 0 Å². The highest BCUT2D eigenvalue weighted by atomic mass is 16.5. The second-order valence-corrected chi connectivity index (χ2v) is 5.93. The van der Waals surface area contributed by atoms with Crippen molar-refractivity contribution in [2.75, 3.05) is 31.1 Å². The second-order valence-electron chi connectivity index (χ2n) is 5.93. The van der Waals surface area contributed by atoms with Crippen molar-refractivity contribution < 1.29 is 4.74 Å². The van der Waals surface area contributed by atoms with Crippen LogP contribution in [0.15, 0.2) is 12.1 Å². The van der Waals surface area contributed by atoms with Crippen LogP contribution in [0.3, 0.4) is 0 Å². The summed E-state index contributed by atoms with van der Waals surface area (Å²) in [6.45, 7) is 8.81. The molecule has 1 unspecified atom stereocenters. The van der Waals surface area contributed by atoms with Gasteiger partial charge in [0.2, 0.25) is 0 Å². The topological polar surface area (TPSA) is 24.5 Å². The van der Waals surface area contributed by atoms with E-state index in [4.69, 9.17) is 4.74 Å². The zero-order valence-corrected chi connectivity index (χ0v) is 12.7. The summed E-state index contributed by atoms with van der Waals surface area (Å²) in [4.78, 5) is 2.52. The predicted octanol–water partition coefficient (Wildman–Crippen LogP) is 2.76. The lowest BCUT2D eigenvalue weighted by molar-refractivity contribution is 0.189. The van der Waals surface area contributed by atoms with Gasteiger partial charge in [-0.15, -0.1) is 0 Å². The monoisotopic (exact) mass is 274 g/mol. The van der Waals surface area contributed by atoms with Crippen LogP contribution < -0.4 is 15.0 Å². The van der Waals surface area contributed by atoms with Gasteiger partial charge in [0.1, 0.15) is 11.9 Å². The van der Waals surface area contributed by atoms with Gasteiger partial charge in [-0.25, -0.2) is 0 Å². The van der Waals surface area contributed by atoms with E-state index in [0.29, 0.717) is 6.10 Å². The van der Waals surface area contributed by atoms with Crippen molar-refractivity contribution in [1.82, 2.24) is 5.32 Å². The van der Waals surface area contributed by atoms with Crippen LogP contribution in [0.4, 0.5) is 5.69 Å². The van der Waals surface area contributed by atoms with E-state index in [-0.39, 0.29) is 0 Å². The number of fused-ring (bicyclic) bond motifs is 2. The average molecular weight is 274 g/mol. The summed E-state index contributed by atoms with van der Waals surface area (Å²) in [5, 5.41) is 3.49. The molecule has 110 valence electrons. The number of rotatable bonds is 3. The first kappa shape index (κ1) is 13.7. The third-order valence-electron chi connectivity index (χ3n) is 4.43. The molecule has 1 aromatic rings. The van der Waals surface area contributed by atoms with Crippen molar-refractivity contribution in [2.45, 2.75) is 45.6 Å². The number of hydrogen-bond acceptors (Lipinski definition) is 3. The van der Waals surface area contributed by atoms with Crippen LogP contribution in [0.5, 0.6) is 5.75 Å². The summed E-state index contributed by atoms with van der Waals surface area (Å²) in [5.41, 5.74) is 4.30. The summed E-state index contributed by atoms with van der Waals surface area (Å²) in [6, 6.07) is 4.70. The number of anilines is 1. The Kier molecular flexibility index (Phi) is 4.16. The van der Waals surface area contributed by atoms with Crippen molar-refractivity contribution in [3.8, 4) is 5.75 Å². The van der Waals surface area contributed by atoms with Gasteiger partial charge in [-0.2, -0.15) is 0 Å². The van der Waals surface area contributed by atoms with E-state index in [9.17, 15) is 0 Å². The van der Waals surface area contributed by atoms with Gasteiger partial charge < -0.3 is 15.0 Å². The highest BCUT2D eigenvalue weighted by Gasteiger charge is 2.25. The Morgan fingerprint density at radius 1 is 1.20 bits per heavy atom. The van der Waals surface area contributed by atoms with Gasteiger partial charge in [0.05, 0.1) is 12.2 Å². The number of ether oxygens (including phenoxy) is 1. The van der Waals surface area contributed by atoms with Crippen molar-refractivity contribution in [2.24, 2.45) is 0 Å². The maximum absolute atomic E-state index is 6.20. The molecule has 3 nitrogen and oxygen atoms in total.